The maximum Gasteiger partial charge on any atom is 0.445 e. The number of amides is 1. The maximum absolute atomic E-state index is 13.8. The highest BCUT2D eigenvalue weighted by Crippen LogP contribution is 2.39. The SMILES string of the molecule is O=C1[C@@H](N2CCc3c2ccc(F)c3Cl)CCN1c1ccc(S(=O)(=O)Nc2nnc(C(F)(F)F)s2)cc1.[HH]. The summed E-state index contributed by atoms with van der Waals surface area (Å²) in [7, 11) is -4.23. The highest BCUT2D eigenvalue weighted by Gasteiger charge is 2.40. The molecule has 1 fully saturated rings. The fourth-order valence-corrected chi connectivity index (χ4v) is 6.43. The van der Waals surface area contributed by atoms with E-state index in [4.69, 9.17) is 11.6 Å². The summed E-state index contributed by atoms with van der Waals surface area (Å²) in [4.78, 5) is 16.4. The molecule has 1 atom stereocenters. The third kappa shape index (κ3) is 4.37. The van der Waals surface area contributed by atoms with Crippen LogP contribution in [0.3, 0.4) is 0 Å². The van der Waals surface area contributed by atoms with E-state index in [1.54, 1.807) is 6.07 Å². The third-order valence-electron chi connectivity index (χ3n) is 5.98. The molecule has 1 saturated heterocycles. The second kappa shape index (κ2) is 8.85. The summed E-state index contributed by atoms with van der Waals surface area (Å²) < 4.78 is 79.0. The lowest BCUT2D eigenvalue weighted by atomic mass is 10.1. The number of carbonyl (C=O) groups is 1. The Hall–Kier alpha value is -2.97. The normalized spacial score (nSPS) is 18.1. The summed E-state index contributed by atoms with van der Waals surface area (Å²) in [6.45, 7) is 0.910. The number of alkyl halides is 3. The Labute approximate surface area is 213 Å². The summed E-state index contributed by atoms with van der Waals surface area (Å²) in [5.74, 6) is -0.696. The van der Waals surface area contributed by atoms with Crippen LogP contribution < -0.4 is 14.5 Å². The number of sulfonamides is 1. The summed E-state index contributed by atoms with van der Waals surface area (Å²) in [5.41, 5.74) is 1.86. The van der Waals surface area contributed by atoms with Crippen LogP contribution in [0.25, 0.3) is 0 Å². The van der Waals surface area contributed by atoms with Gasteiger partial charge in [-0.25, -0.2) is 12.8 Å². The fraction of sp³-hybridized carbons (Fsp3) is 0.286. The van der Waals surface area contributed by atoms with Crippen molar-refractivity contribution < 1.29 is 32.2 Å². The van der Waals surface area contributed by atoms with Crippen molar-refractivity contribution >= 4 is 55.4 Å². The van der Waals surface area contributed by atoms with Gasteiger partial charge in [-0.1, -0.05) is 22.9 Å². The number of hydrogen-bond donors (Lipinski definition) is 1. The van der Waals surface area contributed by atoms with Gasteiger partial charge in [-0.05, 0) is 54.8 Å². The van der Waals surface area contributed by atoms with Crippen LogP contribution in [0, 0.1) is 5.82 Å². The van der Waals surface area contributed by atoms with Crippen LogP contribution in [0.15, 0.2) is 41.3 Å². The van der Waals surface area contributed by atoms with E-state index < -0.39 is 38.2 Å². The molecule has 8 nitrogen and oxygen atoms in total. The van der Waals surface area contributed by atoms with Gasteiger partial charge in [-0.3, -0.25) is 9.52 Å². The molecule has 192 valence electrons. The van der Waals surface area contributed by atoms with Gasteiger partial charge in [0.2, 0.25) is 16.0 Å². The molecule has 0 spiro atoms. The lowest BCUT2D eigenvalue weighted by Gasteiger charge is -2.26. The molecule has 0 aliphatic carbocycles. The minimum absolute atomic E-state index is 0. The lowest BCUT2D eigenvalue weighted by Crippen LogP contribution is -2.41. The monoisotopic (exact) mass is 563 g/mol. The van der Waals surface area contributed by atoms with E-state index in [1.165, 1.54) is 35.2 Å². The number of halogens is 5. The highest BCUT2D eigenvalue weighted by atomic mass is 35.5. The molecule has 0 bridgehead atoms. The molecule has 0 unspecified atom stereocenters. The van der Waals surface area contributed by atoms with Crippen LogP contribution >= 0.6 is 22.9 Å². The van der Waals surface area contributed by atoms with Gasteiger partial charge in [-0.15, -0.1) is 10.2 Å². The average molecular weight is 564 g/mol. The van der Waals surface area contributed by atoms with Crippen molar-refractivity contribution in [3.63, 3.8) is 0 Å². The van der Waals surface area contributed by atoms with Crippen molar-refractivity contribution in [2.45, 2.75) is 30.0 Å². The van der Waals surface area contributed by atoms with Gasteiger partial charge in [0.15, 0.2) is 0 Å². The number of benzene rings is 2. The zero-order chi connectivity index (χ0) is 25.8. The summed E-state index contributed by atoms with van der Waals surface area (Å²) in [5, 5.41) is 4.44. The van der Waals surface area contributed by atoms with Gasteiger partial charge in [0, 0.05) is 25.9 Å². The van der Waals surface area contributed by atoms with Crippen molar-refractivity contribution in [3.05, 3.63) is 57.8 Å². The Balaban J connectivity index is 0.00000320. The van der Waals surface area contributed by atoms with Crippen LogP contribution in [0.4, 0.5) is 34.1 Å². The number of hydrogen-bond acceptors (Lipinski definition) is 7. The van der Waals surface area contributed by atoms with Gasteiger partial charge in [0.05, 0.1) is 9.92 Å². The summed E-state index contributed by atoms with van der Waals surface area (Å²) in [6, 6.07) is 7.80. The van der Waals surface area contributed by atoms with E-state index in [-0.39, 0.29) is 28.6 Å². The maximum atomic E-state index is 13.8. The van der Waals surface area contributed by atoms with Crippen molar-refractivity contribution in [2.75, 3.05) is 27.6 Å². The fourth-order valence-electron chi connectivity index (χ4n) is 4.33. The predicted octanol–water partition coefficient (Wildman–Crippen LogP) is 4.56. The van der Waals surface area contributed by atoms with Crippen molar-refractivity contribution in [3.8, 4) is 0 Å². The second-order valence-electron chi connectivity index (χ2n) is 8.11. The first-order valence-electron chi connectivity index (χ1n) is 10.5. The van der Waals surface area contributed by atoms with Crippen LogP contribution in [0.5, 0.6) is 0 Å². The van der Waals surface area contributed by atoms with Crippen LogP contribution in [-0.2, 0) is 27.4 Å². The summed E-state index contributed by atoms with van der Waals surface area (Å²) in [6.07, 6.45) is -3.70. The molecule has 0 saturated carbocycles. The molecule has 2 aromatic carbocycles. The number of carbonyl (C=O) groups excluding carboxylic acids is 1. The van der Waals surface area contributed by atoms with Crippen molar-refractivity contribution in [1.29, 1.82) is 0 Å². The Morgan fingerprint density at radius 1 is 1.11 bits per heavy atom. The minimum Gasteiger partial charge on any atom is -0.359 e. The summed E-state index contributed by atoms with van der Waals surface area (Å²) >= 11 is 6.16. The zero-order valence-corrected chi connectivity index (χ0v) is 20.5. The quantitative estimate of drug-likeness (QED) is 0.457. The molecular formula is C21H18ClF4N5O3S2. The standard InChI is InChI=1S/C21H16ClF4N5O3S2.H2/c22-17-13-7-9-31(15(13)6-5-14(17)23)16-8-10-30(18(16)32)11-1-3-12(4-2-11)36(33,34)29-20-28-27-19(35-20)21(24,25)26;/h1-6,16H,7-10H2,(H,28,29);1H/t16-;/m0./s1. The lowest BCUT2D eigenvalue weighted by molar-refractivity contribution is -0.138. The highest BCUT2D eigenvalue weighted by molar-refractivity contribution is 7.93. The minimum atomic E-state index is -4.73. The number of fused-ring (bicyclic) bond motifs is 1. The molecule has 3 heterocycles. The third-order valence-corrected chi connectivity index (χ3v) is 8.76. The molecule has 5 rings (SSSR count). The molecule has 3 aromatic rings. The Bertz CT molecular complexity index is 1450. The van der Waals surface area contributed by atoms with Gasteiger partial charge in [0.25, 0.3) is 10.0 Å². The number of rotatable bonds is 5. The molecule has 15 heteroatoms. The zero-order valence-electron chi connectivity index (χ0n) is 18.1. The first-order valence-corrected chi connectivity index (χ1v) is 13.2. The Morgan fingerprint density at radius 2 is 1.83 bits per heavy atom. The molecular weight excluding hydrogens is 546 g/mol. The van der Waals surface area contributed by atoms with Crippen LogP contribution in [0.1, 0.15) is 18.4 Å². The van der Waals surface area contributed by atoms with E-state index in [2.05, 4.69) is 10.2 Å². The number of nitrogens with one attached hydrogen (secondary N) is 1. The van der Waals surface area contributed by atoms with Crippen molar-refractivity contribution in [1.82, 2.24) is 10.2 Å². The number of nitrogens with zero attached hydrogens (tertiary/aromatic N) is 4. The smallest absolute Gasteiger partial charge is 0.359 e. The first kappa shape index (κ1) is 24.7. The van der Waals surface area contributed by atoms with Gasteiger partial charge in [-0.2, -0.15) is 13.2 Å². The molecule has 2 aliphatic heterocycles. The van der Waals surface area contributed by atoms with Gasteiger partial charge < -0.3 is 9.80 Å². The van der Waals surface area contributed by atoms with Gasteiger partial charge in [0.1, 0.15) is 11.9 Å². The largest absolute Gasteiger partial charge is 0.445 e. The van der Waals surface area contributed by atoms with Gasteiger partial charge >= 0.3 is 6.18 Å². The predicted molar refractivity (Wildman–Crippen MR) is 127 cm³/mol. The molecule has 1 amide bonds. The van der Waals surface area contributed by atoms with E-state index in [1.807, 2.05) is 9.62 Å². The van der Waals surface area contributed by atoms with Crippen LogP contribution in [0.2, 0.25) is 5.02 Å². The van der Waals surface area contributed by atoms with Crippen LogP contribution in [-0.4, -0.2) is 43.7 Å². The second-order valence-corrected chi connectivity index (χ2v) is 11.1. The molecule has 0 radical (unpaired) electrons. The number of aromatic nitrogens is 2. The molecule has 2 aliphatic rings. The Morgan fingerprint density at radius 3 is 2.50 bits per heavy atom. The number of anilines is 3. The van der Waals surface area contributed by atoms with E-state index in [0.717, 1.165) is 5.69 Å². The molecule has 1 aromatic heterocycles. The van der Waals surface area contributed by atoms with E-state index in [0.29, 0.717) is 37.2 Å². The van der Waals surface area contributed by atoms with E-state index >= 15 is 0 Å². The first-order chi connectivity index (χ1) is 17.0. The topological polar surface area (TPSA) is 95.5 Å². The van der Waals surface area contributed by atoms with Crippen molar-refractivity contribution in [2.24, 2.45) is 0 Å². The average Bonchev–Trinajstić information content (AvgIpc) is 3.54. The Kier molecular flexibility index (Phi) is 6.08. The molecule has 36 heavy (non-hydrogen) atoms. The molecule has 1 N–H and O–H groups in total. The van der Waals surface area contributed by atoms with E-state index in [9.17, 15) is 30.8 Å².